The van der Waals surface area contributed by atoms with E-state index < -0.39 is 5.82 Å². The van der Waals surface area contributed by atoms with E-state index in [0.717, 1.165) is 33.6 Å². The first-order valence-corrected chi connectivity index (χ1v) is 11.3. The highest BCUT2D eigenvalue weighted by Gasteiger charge is 2.20. The van der Waals surface area contributed by atoms with E-state index in [9.17, 15) is 14.0 Å². The van der Waals surface area contributed by atoms with Crippen LogP contribution in [0.1, 0.15) is 12.8 Å². The number of nitrogens with zero attached hydrogens (tertiary/aromatic N) is 4. The number of pyridine rings is 1. The Morgan fingerprint density at radius 2 is 2.12 bits per heavy atom. The van der Waals surface area contributed by atoms with Gasteiger partial charge in [0.25, 0.3) is 0 Å². The van der Waals surface area contributed by atoms with E-state index in [-0.39, 0.29) is 11.7 Å². The quantitative estimate of drug-likeness (QED) is 0.392. The van der Waals surface area contributed by atoms with Gasteiger partial charge in [0.2, 0.25) is 12.3 Å². The third kappa shape index (κ3) is 4.42. The highest BCUT2D eigenvalue weighted by Crippen LogP contribution is 2.39. The molecule has 0 bridgehead atoms. The summed E-state index contributed by atoms with van der Waals surface area (Å²) in [6, 6.07) is 7.88. The van der Waals surface area contributed by atoms with Crippen LogP contribution in [0.25, 0.3) is 20.7 Å². The molecule has 0 radical (unpaired) electrons. The summed E-state index contributed by atoms with van der Waals surface area (Å²) >= 11 is 1.48. The maximum Gasteiger partial charge on any atom is 0.222 e. The predicted octanol–water partition coefficient (Wildman–Crippen LogP) is 4.28. The molecular weight excluding hydrogens is 445 g/mol. The fourth-order valence-corrected chi connectivity index (χ4v) is 4.81. The number of rotatable bonds is 8. The number of aromatic nitrogens is 3. The summed E-state index contributed by atoms with van der Waals surface area (Å²) in [5.74, 6) is 0.169. The monoisotopic (exact) mass is 465 g/mol. The average molecular weight is 466 g/mol. The number of carbonyl (C=O) groups is 2. The predicted molar refractivity (Wildman–Crippen MR) is 123 cm³/mol. The number of hydrogen-bond acceptors (Lipinski definition) is 6. The van der Waals surface area contributed by atoms with E-state index in [4.69, 9.17) is 4.74 Å². The molecule has 4 aromatic rings. The number of amides is 2. The Morgan fingerprint density at radius 3 is 2.91 bits per heavy atom. The Bertz CT molecular complexity index is 1330. The molecule has 3 aromatic heterocycles. The second kappa shape index (κ2) is 8.99. The van der Waals surface area contributed by atoms with Gasteiger partial charge in [-0.05, 0) is 24.6 Å². The number of nitrogens with one attached hydrogen (secondary N) is 1. The fourth-order valence-electron chi connectivity index (χ4n) is 3.77. The van der Waals surface area contributed by atoms with Crippen LogP contribution in [0.2, 0.25) is 0 Å². The molecule has 1 aliphatic heterocycles. The molecule has 2 amide bonds. The van der Waals surface area contributed by atoms with Crippen LogP contribution in [-0.4, -0.2) is 45.1 Å². The molecule has 0 unspecified atom stereocenters. The molecular formula is C23H20FN5O3S. The van der Waals surface area contributed by atoms with E-state index >= 15 is 0 Å². The van der Waals surface area contributed by atoms with Crippen LogP contribution in [0.3, 0.4) is 0 Å². The van der Waals surface area contributed by atoms with Crippen molar-refractivity contribution in [2.75, 3.05) is 18.4 Å². The van der Waals surface area contributed by atoms with Gasteiger partial charge >= 0.3 is 0 Å². The van der Waals surface area contributed by atoms with Crippen molar-refractivity contribution in [3.63, 3.8) is 0 Å². The van der Waals surface area contributed by atoms with Crippen LogP contribution in [-0.2, 0) is 16.1 Å². The van der Waals surface area contributed by atoms with Gasteiger partial charge < -0.3 is 15.0 Å². The van der Waals surface area contributed by atoms with Gasteiger partial charge in [0.15, 0.2) is 11.6 Å². The molecule has 1 aromatic carbocycles. The maximum atomic E-state index is 14.4. The van der Waals surface area contributed by atoms with Crippen LogP contribution in [0.15, 0.2) is 48.9 Å². The van der Waals surface area contributed by atoms with E-state index in [1.165, 1.54) is 23.5 Å². The molecule has 0 saturated carbocycles. The second-order valence-corrected chi connectivity index (χ2v) is 8.67. The van der Waals surface area contributed by atoms with E-state index in [1.807, 2.05) is 21.8 Å². The Morgan fingerprint density at radius 1 is 1.21 bits per heavy atom. The van der Waals surface area contributed by atoms with E-state index in [1.54, 1.807) is 24.5 Å². The SMILES string of the molecule is O=CNc1ccc(Oc2ccnc3cc(-c4cnn(CCN5CCCC5=O)c4)sc23)c(F)c1. The molecule has 4 heterocycles. The number of ether oxygens (including phenoxy) is 1. The van der Waals surface area contributed by atoms with E-state index in [0.29, 0.717) is 37.4 Å². The number of thiophene rings is 1. The van der Waals surface area contributed by atoms with Crippen LogP contribution >= 0.6 is 11.3 Å². The zero-order valence-corrected chi connectivity index (χ0v) is 18.3. The van der Waals surface area contributed by atoms with Gasteiger partial charge in [-0.2, -0.15) is 5.10 Å². The number of hydrogen-bond donors (Lipinski definition) is 1. The lowest BCUT2D eigenvalue weighted by Gasteiger charge is -2.14. The van der Waals surface area contributed by atoms with Gasteiger partial charge in [-0.1, -0.05) is 0 Å². The van der Waals surface area contributed by atoms with Crippen molar-refractivity contribution in [1.29, 1.82) is 0 Å². The molecule has 1 saturated heterocycles. The number of anilines is 1. The lowest BCUT2D eigenvalue weighted by molar-refractivity contribution is -0.127. The van der Waals surface area contributed by atoms with Gasteiger partial charge in [-0.3, -0.25) is 19.3 Å². The average Bonchev–Trinajstić information content (AvgIpc) is 3.54. The lowest BCUT2D eigenvalue weighted by Crippen LogP contribution is -2.28. The largest absolute Gasteiger partial charge is 0.453 e. The lowest BCUT2D eigenvalue weighted by atomic mass is 10.2. The van der Waals surface area contributed by atoms with Crippen molar-refractivity contribution in [1.82, 2.24) is 19.7 Å². The molecule has 0 aliphatic carbocycles. The number of likely N-dealkylation sites (tertiary alicyclic amines) is 1. The summed E-state index contributed by atoms with van der Waals surface area (Å²) in [5, 5.41) is 6.84. The molecule has 1 fully saturated rings. The van der Waals surface area contributed by atoms with Gasteiger partial charge in [0.05, 0.1) is 23.0 Å². The van der Waals surface area contributed by atoms with Crippen LogP contribution in [0.5, 0.6) is 11.5 Å². The number of fused-ring (bicyclic) bond motifs is 1. The van der Waals surface area contributed by atoms with Crippen LogP contribution in [0.4, 0.5) is 10.1 Å². The van der Waals surface area contributed by atoms with E-state index in [2.05, 4.69) is 15.4 Å². The smallest absolute Gasteiger partial charge is 0.222 e. The zero-order chi connectivity index (χ0) is 22.8. The van der Waals surface area contributed by atoms with Gasteiger partial charge in [0, 0.05) is 60.2 Å². The van der Waals surface area contributed by atoms with Gasteiger partial charge in [-0.25, -0.2) is 4.39 Å². The Balaban J connectivity index is 1.35. The zero-order valence-electron chi connectivity index (χ0n) is 17.5. The standard InChI is InChI=1S/C23H20FN5O3S/c24-17-10-16(26-14-30)3-4-19(17)32-20-5-6-25-18-11-21(33-23(18)20)15-12-27-29(13-15)9-8-28-7-1-2-22(28)31/h3-6,10-14H,1-2,7-9H2,(H,26,30). The van der Waals surface area contributed by atoms with Crippen molar-refractivity contribution in [3.8, 4) is 21.9 Å². The maximum absolute atomic E-state index is 14.4. The number of carbonyl (C=O) groups excluding carboxylic acids is 2. The fraction of sp³-hybridized carbons (Fsp3) is 0.217. The third-order valence-corrected chi connectivity index (χ3v) is 6.63. The van der Waals surface area contributed by atoms with Gasteiger partial charge in [-0.15, -0.1) is 11.3 Å². The first-order valence-electron chi connectivity index (χ1n) is 10.5. The minimum Gasteiger partial charge on any atom is -0.453 e. The third-order valence-electron chi connectivity index (χ3n) is 5.44. The van der Waals surface area contributed by atoms with Gasteiger partial charge in [0.1, 0.15) is 5.75 Å². The summed E-state index contributed by atoms with van der Waals surface area (Å²) in [6.45, 7) is 2.10. The molecule has 0 spiro atoms. The van der Waals surface area contributed by atoms with Crippen molar-refractivity contribution in [3.05, 3.63) is 54.7 Å². The summed E-state index contributed by atoms with van der Waals surface area (Å²) in [6.07, 6.45) is 7.40. The Kier molecular flexibility index (Phi) is 5.74. The first kappa shape index (κ1) is 21.1. The molecule has 10 heteroatoms. The van der Waals surface area contributed by atoms with Crippen LogP contribution < -0.4 is 10.1 Å². The van der Waals surface area contributed by atoms with Crippen molar-refractivity contribution in [2.45, 2.75) is 19.4 Å². The Hall–Kier alpha value is -3.79. The Labute approximate surface area is 192 Å². The summed E-state index contributed by atoms with van der Waals surface area (Å²) < 4.78 is 22.9. The highest BCUT2D eigenvalue weighted by molar-refractivity contribution is 7.22. The topological polar surface area (TPSA) is 89.3 Å². The summed E-state index contributed by atoms with van der Waals surface area (Å²) in [7, 11) is 0. The molecule has 5 rings (SSSR count). The molecule has 0 atom stereocenters. The summed E-state index contributed by atoms with van der Waals surface area (Å²) in [5.41, 5.74) is 2.02. The molecule has 8 nitrogen and oxygen atoms in total. The molecule has 33 heavy (non-hydrogen) atoms. The molecule has 1 N–H and O–H groups in total. The summed E-state index contributed by atoms with van der Waals surface area (Å²) in [4.78, 5) is 29.6. The number of halogens is 1. The van der Waals surface area contributed by atoms with Crippen molar-refractivity contribution >= 4 is 39.6 Å². The van der Waals surface area contributed by atoms with Crippen molar-refractivity contribution in [2.24, 2.45) is 0 Å². The minimum absolute atomic E-state index is 0.0539. The normalized spacial score (nSPS) is 13.6. The minimum atomic E-state index is -0.582. The number of benzene rings is 1. The molecule has 1 aliphatic rings. The first-order chi connectivity index (χ1) is 16.1. The highest BCUT2D eigenvalue weighted by atomic mass is 32.1. The van der Waals surface area contributed by atoms with Crippen molar-refractivity contribution < 1.29 is 18.7 Å². The molecule has 168 valence electrons. The second-order valence-electron chi connectivity index (χ2n) is 7.62. The van der Waals surface area contributed by atoms with Crippen LogP contribution in [0, 0.1) is 5.82 Å².